The van der Waals surface area contributed by atoms with Crippen LogP contribution in [0.3, 0.4) is 0 Å². The van der Waals surface area contributed by atoms with E-state index in [0.29, 0.717) is 6.04 Å². The Morgan fingerprint density at radius 3 is 2.76 bits per heavy atom. The van der Waals surface area contributed by atoms with Crippen LogP contribution in [-0.2, 0) is 6.54 Å². The maximum atomic E-state index is 4.65. The van der Waals surface area contributed by atoms with Crippen molar-refractivity contribution >= 4 is 15.9 Å². The van der Waals surface area contributed by atoms with E-state index >= 15 is 0 Å². The van der Waals surface area contributed by atoms with Crippen LogP contribution in [0.15, 0.2) is 12.3 Å². The second kappa shape index (κ2) is 7.88. The van der Waals surface area contributed by atoms with Gasteiger partial charge in [-0.1, -0.05) is 29.8 Å². The molecule has 4 heteroatoms. The normalized spacial score (nSPS) is 13.2. The molecule has 98 valence electrons. The third-order valence-corrected chi connectivity index (χ3v) is 3.39. The van der Waals surface area contributed by atoms with Crippen LogP contribution in [0.1, 0.15) is 45.3 Å². The molecular weight excluding hydrogens is 278 g/mol. The van der Waals surface area contributed by atoms with Crippen LogP contribution >= 0.6 is 15.9 Å². The van der Waals surface area contributed by atoms with Gasteiger partial charge in [-0.3, -0.25) is 9.58 Å². The summed E-state index contributed by atoms with van der Waals surface area (Å²) < 4.78 is 2.08. The highest BCUT2D eigenvalue weighted by atomic mass is 79.9. The molecule has 1 atom stereocenters. The van der Waals surface area contributed by atoms with Crippen LogP contribution in [0.25, 0.3) is 0 Å². The third kappa shape index (κ3) is 4.80. The average molecular weight is 302 g/mol. The highest BCUT2D eigenvalue weighted by Gasteiger charge is 2.08. The molecule has 0 radical (unpaired) electrons. The van der Waals surface area contributed by atoms with Gasteiger partial charge in [0.25, 0.3) is 0 Å². The van der Waals surface area contributed by atoms with E-state index in [1.165, 1.54) is 12.1 Å². The lowest BCUT2D eigenvalue weighted by Crippen LogP contribution is -2.26. The Balaban J connectivity index is 2.56. The Labute approximate surface area is 113 Å². The summed E-state index contributed by atoms with van der Waals surface area (Å²) in [6.45, 7) is 9.81. The van der Waals surface area contributed by atoms with Gasteiger partial charge in [-0.05, 0) is 32.4 Å². The van der Waals surface area contributed by atoms with Crippen molar-refractivity contribution in [1.82, 2.24) is 14.7 Å². The van der Waals surface area contributed by atoms with Crippen molar-refractivity contribution in [3.05, 3.63) is 18.0 Å². The van der Waals surface area contributed by atoms with E-state index in [4.69, 9.17) is 0 Å². The highest BCUT2D eigenvalue weighted by Crippen LogP contribution is 2.10. The largest absolute Gasteiger partial charge is 0.297 e. The van der Waals surface area contributed by atoms with Crippen LogP contribution in [0, 0.1) is 0 Å². The van der Waals surface area contributed by atoms with Gasteiger partial charge in [-0.15, -0.1) is 0 Å². The number of hydrogen-bond donors (Lipinski definition) is 0. The fraction of sp³-hybridized carbons (Fsp3) is 0.769. The average Bonchev–Trinajstić information content (AvgIpc) is 2.77. The van der Waals surface area contributed by atoms with E-state index in [2.05, 4.69) is 63.6 Å². The van der Waals surface area contributed by atoms with Crippen molar-refractivity contribution in [2.24, 2.45) is 0 Å². The SMILES string of the molecule is CCCN(CCBr)Cc1ccn(C(C)CC)n1. The van der Waals surface area contributed by atoms with Crippen LogP contribution in [0.2, 0.25) is 0 Å². The molecule has 0 saturated heterocycles. The summed E-state index contributed by atoms with van der Waals surface area (Å²) in [5.74, 6) is 0. The predicted octanol–water partition coefficient (Wildman–Crippen LogP) is 3.46. The zero-order valence-electron chi connectivity index (χ0n) is 11.2. The number of nitrogens with zero attached hydrogens (tertiary/aromatic N) is 3. The van der Waals surface area contributed by atoms with Gasteiger partial charge in [0.15, 0.2) is 0 Å². The second-order valence-electron chi connectivity index (χ2n) is 4.51. The lowest BCUT2D eigenvalue weighted by Gasteiger charge is -2.19. The first kappa shape index (κ1) is 14.7. The second-order valence-corrected chi connectivity index (χ2v) is 5.30. The molecule has 0 spiro atoms. The molecule has 0 amide bonds. The van der Waals surface area contributed by atoms with E-state index < -0.39 is 0 Å². The van der Waals surface area contributed by atoms with E-state index in [9.17, 15) is 0 Å². The van der Waals surface area contributed by atoms with Gasteiger partial charge in [0, 0.05) is 30.7 Å². The monoisotopic (exact) mass is 301 g/mol. The molecule has 0 aliphatic heterocycles. The minimum Gasteiger partial charge on any atom is -0.297 e. The minimum absolute atomic E-state index is 0.500. The van der Waals surface area contributed by atoms with Crippen molar-refractivity contribution in [3.8, 4) is 0 Å². The molecule has 0 aliphatic carbocycles. The molecular formula is C13H24BrN3. The summed E-state index contributed by atoms with van der Waals surface area (Å²) in [4.78, 5) is 2.44. The summed E-state index contributed by atoms with van der Waals surface area (Å²) in [5.41, 5.74) is 1.18. The molecule has 3 nitrogen and oxygen atoms in total. The summed E-state index contributed by atoms with van der Waals surface area (Å²) >= 11 is 3.51. The lowest BCUT2D eigenvalue weighted by atomic mass is 10.3. The first-order chi connectivity index (χ1) is 8.21. The first-order valence-corrected chi connectivity index (χ1v) is 7.65. The fourth-order valence-corrected chi connectivity index (χ4v) is 2.33. The van der Waals surface area contributed by atoms with Gasteiger partial charge in [-0.25, -0.2) is 0 Å². The molecule has 1 unspecified atom stereocenters. The number of rotatable bonds is 8. The van der Waals surface area contributed by atoms with E-state index in [1.54, 1.807) is 0 Å². The van der Waals surface area contributed by atoms with Crippen LogP contribution < -0.4 is 0 Å². The maximum Gasteiger partial charge on any atom is 0.0764 e. The van der Waals surface area contributed by atoms with Crippen molar-refractivity contribution < 1.29 is 0 Å². The molecule has 0 aliphatic rings. The zero-order chi connectivity index (χ0) is 12.7. The smallest absolute Gasteiger partial charge is 0.0764 e. The molecule has 0 aromatic carbocycles. The van der Waals surface area contributed by atoms with Crippen molar-refractivity contribution in [1.29, 1.82) is 0 Å². The lowest BCUT2D eigenvalue weighted by molar-refractivity contribution is 0.278. The van der Waals surface area contributed by atoms with Crippen molar-refractivity contribution in [2.45, 2.75) is 46.2 Å². The summed E-state index contributed by atoms with van der Waals surface area (Å²) in [6, 6.07) is 2.64. The molecule has 0 N–H and O–H groups in total. The van der Waals surface area contributed by atoms with Gasteiger partial charge in [0.1, 0.15) is 0 Å². The number of halogens is 1. The molecule has 1 rings (SSSR count). The Morgan fingerprint density at radius 1 is 1.41 bits per heavy atom. The van der Waals surface area contributed by atoms with E-state index in [-0.39, 0.29) is 0 Å². The summed E-state index contributed by atoms with van der Waals surface area (Å²) in [6.07, 6.45) is 4.42. The Hall–Kier alpha value is -0.350. The topological polar surface area (TPSA) is 21.1 Å². The quantitative estimate of drug-likeness (QED) is 0.686. The molecule has 17 heavy (non-hydrogen) atoms. The predicted molar refractivity (Wildman–Crippen MR) is 76.6 cm³/mol. The minimum atomic E-state index is 0.500. The Bertz CT molecular complexity index is 305. The number of alkyl halides is 1. The number of aromatic nitrogens is 2. The first-order valence-electron chi connectivity index (χ1n) is 6.53. The van der Waals surface area contributed by atoms with E-state index in [1.807, 2.05) is 0 Å². The molecule has 1 heterocycles. The van der Waals surface area contributed by atoms with Crippen molar-refractivity contribution in [2.75, 3.05) is 18.4 Å². The molecule has 0 fully saturated rings. The fourth-order valence-electron chi connectivity index (χ4n) is 1.83. The summed E-state index contributed by atoms with van der Waals surface area (Å²) in [5, 5.41) is 5.67. The maximum absolute atomic E-state index is 4.65. The summed E-state index contributed by atoms with van der Waals surface area (Å²) in [7, 11) is 0. The van der Waals surface area contributed by atoms with Gasteiger partial charge < -0.3 is 0 Å². The van der Waals surface area contributed by atoms with Crippen LogP contribution in [-0.4, -0.2) is 33.1 Å². The van der Waals surface area contributed by atoms with Crippen LogP contribution in [0.4, 0.5) is 0 Å². The molecule has 0 bridgehead atoms. The zero-order valence-corrected chi connectivity index (χ0v) is 12.8. The third-order valence-electron chi connectivity index (χ3n) is 3.03. The van der Waals surface area contributed by atoms with E-state index in [0.717, 1.165) is 31.4 Å². The van der Waals surface area contributed by atoms with Gasteiger partial charge in [0.05, 0.1) is 5.69 Å². The van der Waals surface area contributed by atoms with Gasteiger partial charge >= 0.3 is 0 Å². The van der Waals surface area contributed by atoms with Gasteiger partial charge in [-0.2, -0.15) is 5.10 Å². The molecule has 0 saturated carbocycles. The Kier molecular flexibility index (Phi) is 6.82. The van der Waals surface area contributed by atoms with Crippen LogP contribution in [0.5, 0.6) is 0 Å². The highest BCUT2D eigenvalue weighted by molar-refractivity contribution is 9.09. The number of hydrogen-bond acceptors (Lipinski definition) is 2. The molecule has 1 aromatic heterocycles. The standard InChI is InChI=1S/C13H24BrN3/c1-4-8-16(10-7-14)11-13-6-9-17(15-13)12(3)5-2/h6,9,12H,4-5,7-8,10-11H2,1-3H3. The van der Waals surface area contributed by atoms with Gasteiger partial charge in [0.2, 0.25) is 0 Å². The Morgan fingerprint density at radius 2 is 2.18 bits per heavy atom. The molecule has 1 aromatic rings. The van der Waals surface area contributed by atoms with Crippen molar-refractivity contribution in [3.63, 3.8) is 0 Å².